The minimum Gasteiger partial charge on any atom is -0.474 e. The van der Waals surface area contributed by atoms with Gasteiger partial charge in [-0.25, -0.2) is 8.78 Å². The van der Waals surface area contributed by atoms with Crippen molar-refractivity contribution in [1.29, 1.82) is 0 Å². The van der Waals surface area contributed by atoms with Gasteiger partial charge < -0.3 is 4.74 Å². The number of alkyl halides is 3. The van der Waals surface area contributed by atoms with Crippen molar-refractivity contribution in [3.8, 4) is 5.75 Å². The zero-order chi connectivity index (χ0) is 9.47. The highest BCUT2D eigenvalue weighted by Crippen LogP contribution is 2.43. The predicted molar refractivity (Wildman–Crippen MR) is 45.2 cm³/mol. The summed E-state index contributed by atoms with van der Waals surface area (Å²) in [6.07, 6.45) is -0.467. The molecule has 0 saturated carbocycles. The number of fused-ring (bicyclic) bond motifs is 1. The van der Waals surface area contributed by atoms with Gasteiger partial charge >= 0.3 is 0 Å². The van der Waals surface area contributed by atoms with E-state index in [1.165, 1.54) is 12.1 Å². The molecule has 1 aliphatic rings. The van der Waals surface area contributed by atoms with Gasteiger partial charge in [-0.1, -0.05) is 23.7 Å². The van der Waals surface area contributed by atoms with Gasteiger partial charge in [0.15, 0.2) is 5.56 Å². The standard InChI is InChI=1S/C9H7ClF2O/c10-8-5-9(11,12)6-3-1-2-4-7(6)13-8/h1-4,8H,5H2. The molecule has 0 aliphatic carbocycles. The van der Waals surface area contributed by atoms with Gasteiger partial charge in [-0.2, -0.15) is 0 Å². The zero-order valence-corrected chi connectivity index (χ0v) is 7.39. The Bertz CT molecular complexity index is 327. The molecule has 70 valence electrons. The topological polar surface area (TPSA) is 9.23 Å². The summed E-state index contributed by atoms with van der Waals surface area (Å²) in [6.45, 7) is 0. The van der Waals surface area contributed by atoms with Gasteiger partial charge in [0.25, 0.3) is 5.92 Å². The first-order valence-electron chi connectivity index (χ1n) is 3.88. The third kappa shape index (κ3) is 1.48. The third-order valence-corrected chi connectivity index (χ3v) is 2.20. The highest BCUT2D eigenvalue weighted by molar-refractivity contribution is 6.20. The number of benzene rings is 1. The Balaban J connectivity index is 2.50. The molecule has 0 aromatic heterocycles. The van der Waals surface area contributed by atoms with Gasteiger partial charge in [-0.3, -0.25) is 0 Å². The molecular formula is C9H7ClF2O. The second kappa shape index (κ2) is 2.84. The number of halogens is 3. The molecule has 1 unspecified atom stereocenters. The summed E-state index contributed by atoms with van der Waals surface area (Å²) in [5, 5.41) is 0. The van der Waals surface area contributed by atoms with Crippen LogP contribution in [-0.2, 0) is 5.92 Å². The average molecular weight is 205 g/mol. The van der Waals surface area contributed by atoms with Crippen molar-refractivity contribution in [2.24, 2.45) is 0 Å². The van der Waals surface area contributed by atoms with Crippen LogP contribution in [0.25, 0.3) is 0 Å². The maximum atomic E-state index is 13.3. The van der Waals surface area contributed by atoms with Crippen molar-refractivity contribution in [2.45, 2.75) is 17.9 Å². The van der Waals surface area contributed by atoms with Gasteiger partial charge in [0.1, 0.15) is 5.75 Å². The van der Waals surface area contributed by atoms with Gasteiger partial charge in [-0.05, 0) is 12.1 Å². The molecule has 0 bridgehead atoms. The van der Waals surface area contributed by atoms with Crippen LogP contribution >= 0.6 is 11.6 Å². The Morgan fingerprint density at radius 2 is 2.08 bits per heavy atom. The first kappa shape index (κ1) is 8.75. The van der Waals surface area contributed by atoms with Gasteiger partial charge in [-0.15, -0.1) is 0 Å². The van der Waals surface area contributed by atoms with Crippen molar-refractivity contribution in [1.82, 2.24) is 0 Å². The van der Waals surface area contributed by atoms with E-state index < -0.39 is 17.9 Å². The van der Waals surface area contributed by atoms with Crippen LogP contribution < -0.4 is 4.74 Å². The summed E-state index contributed by atoms with van der Waals surface area (Å²) in [4.78, 5) is 0. The summed E-state index contributed by atoms with van der Waals surface area (Å²) in [5.41, 5.74) is -1.02. The smallest absolute Gasteiger partial charge is 0.281 e. The molecule has 0 spiro atoms. The number of hydrogen-bond donors (Lipinski definition) is 0. The first-order valence-corrected chi connectivity index (χ1v) is 4.31. The molecule has 0 fully saturated rings. The summed E-state index contributed by atoms with van der Waals surface area (Å²) in [6, 6.07) is 6.06. The van der Waals surface area contributed by atoms with E-state index in [2.05, 4.69) is 0 Å². The fourth-order valence-corrected chi connectivity index (χ4v) is 1.65. The highest BCUT2D eigenvalue weighted by atomic mass is 35.5. The van der Waals surface area contributed by atoms with E-state index in [-0.39, 0.29) is 11.3 Å². The molecule has 0 amide bonds. The van der Waals surface area contributed by atoms with Crippen molar-refractivity contribution in [3.63, 3.8) is 0 Å². The monoisotopic (exact) mass is 204 g/mol. The molecule has 4 heteroatoms. The SMILES string of the molecule is FC1(F)CC(Cl)Oc2ccccc21. The normalized spacial score (nSPS) is 24.7. The Labute approximate surface area is 79.3 Å². The summed E-state index contributed by atoms with van der Waals surface area (Å²) in [7, 11) is 0. The Morgan fingerprint density at radius 1 is 1.38 bits per heavy atom. The van der Waals surface area contributed by atoms with Crippen LogP contribution in [0.1, 0.15) is 12.0 Å². The number of rotatable bonds is 0. The second-order valence-electron chi connectivity index (χ2n) is 2.93. The van der Waals surface area contributed by atoms with E-state index in [9.17, 15) is 8.78 Å². The van der Waals surface area contributed by atoms with E-state index in [0.717, 1.165) is 0 Å². The molecule has 1 aromatic rings. The molecule has 2 rings (SSSR count). The van der Waals surface area contributed by atoms with Crippen LogP contribution in [0.2, 0.25) is 0 Å². The number of hydrogen-bond acceptors (Lipinski definition) is 1. The maximum absolute atomic E-state index is 13.3. The van der Waals surface area contributed by atoms with E-state index in [4.69, 9.17) is 16.3 Å². The fraction of sp³-hybridized carbons (Fsp3) is 0.333. The zero-order valence-electron chi connectivity index (χ0n) is 6.64. The van der Waals surface area contributed by atoms with Crippen molar-refractivity contribution in [3.05, 3.63) is 29.8 Å². The minimum atomic E-state index is -2.87. The second-order valence-corrected chi connectivity index (χ2v) is 3.42. The summed E-state index contributed by atoms with van der Waals surface area (Å²) in [5.74, 6) is -2.69. The van der Waals surface area contributed by atoms with Crippen LogP contribution in [0.3, 0.4) is 0 Å². The van der Waals surface area contributed by atoms with E-state index >= 15 is 0 Å². The lowest BCUT2D eigenvalue weighted by Crippen LogP contribution is -2.28. The number of ether oxygens (including phenoxy) is 1. The van der Waals surface area contributed by atoms with Gasteiger partial charge in [0.2, 0.25) is 0 Å². The number of para-hydroxylation sites is 1. The maximum Gasteiger partial charge on any atom is 0.281 e. The molecule has 0 radical (unpaired) electrons. The highest BCUT2D eigenvalue weighted by Gasteiger charge is 2.41. The predicted octanol–water partition coefficient (Wildman–Crippen LogP) is 3.13. The van der Waals surface area contributed by atoms with Crippen LogP contribution in [-0.4, -0.2) is 5.56 Å². The summed E-state index contributed by atoms with van der Waals surface area (Å²) >= 11 is 5.53. The van der Waals surface area contributed by atoms with Gasteiger partial charge in [0.05, 0.1) is 12.0 Å². The Hall–Kier alpha value is -0.830. The molecule has 0 N–H and O–H groups in total. The van der Waals surface area contributed by atoms with Crippen LogP contribution in [0.15, 0.2) is 24.3 Å². The first-order chi connectivity index (χ1) is 6.09. The molecular weight excluding hydrogens is 198 g/mol. The lowest BCUT2D eigenvalue weighted by molar-refractivity contribution is -0.0484. The van der Waals surface area contributed by atoms with Crippen molar-refractivity contribution in [2.75, 3.05) is 0 Å². The quantitative estimate of drug-likeness (QED) is 0.590. The van der Waals surface area contributed by atoms with E-state index in [1.807, 2.05) is 0 Å². The van der Waals surface area contributed by atoms with Crippen molar-refractivity contribution < 1.29 is 13.5 Å². The Kier molecular flexibility index (Phi) is 1.91. The molecule has 1 nitrogen and oxygen atoms in total. The third-order valence-electron chi connectivity index (χ3n) is 1.95. The largest absolute Gasteiger partial charge is 0.474 e. The minimum absolute atomic E-state index is 0.0769. The lowest BCUT2D eigenvalue weighted by atomic mass is 10.0. The van der Waals surface area contributed by atoms with Crippen LogP contribution in [0.5, 0.6) is 5.75 Å². The van der Waals surface area contributed by atoms with E-state index in [0.29, 0.717) is 0 Å². The molecule has 13 heavy (non-hydrogen) atoms. The molecule has 1 atom stereocenters. The molecule has 1 heterocycles. The lowest BCUT2D eigenvalue weighted by Gasteiger charge is -2.28. The fourth-order valence-electron chi connectivity index (χ4n) is 1.36. The average Bonchev–Trinajstić information content (AvgIpc) is 2.02. The van der Waals surface area contributed by atoms with Crippen LogP contribution in [0.4, 0.5) is 8.78 Å². The summed E-state index contributed by atoms with van der Waals surface area (Å²) < 4.78 is 31.6. The van der Waals surface area contributed by atoms with Crippen LogP contribution in [0, 0.1) is 0 Å². The molecule has 1 aromatic carbocycles. The van der Waals surface area contributed by atoms with Gasteiger partial charge in [0, 0.05) is 0 Å². The molecule has 0 saturated heterocycles. The Morgan fingerprint density at radius 3 is 2.85 bits per heavy atom. The molecule has 1 aliphatic heterocycles. The van der Waals surface area contributed by atoms with E-state index in [1.54, 1.807) is 12.1 Å². The van der Waals surface area contributed by atoms with Crippen molar-refractivity contribution >= 4 is 11.6 Å².